The summed E-state index contributed by atoms with van der Waals surface area (Å²) in [5, 5.41) is 7.99. The van der Waals surface area contributed by atoms with Gasteiger partial charge in [-0.2, -0.15) is 5.10 Å². The summed E-state index contributed by atoms with van der Waals surface area (Å²) in [6, 6.07) is 2.84. The van der Waals surface area contributed by atoms with Gasteiger partial charge in [0.2, 0.25) is 0 Å². The van der Waals surface area contributed by atoms with Gasteiger partial charge in [0.15, 0.2) is 0 Å². The largest absolute Gasteiger partial charge is 0.313 e. The van der Waals surface area contributed by atoms with Crippen LogP contribution in [0.5, 0.6) is 0 Å². The van der Waals surface area contributed by atoms with Crippen molar-refractivity contribution in [3.8, 4) is 0 Å². The fourth-order valence-electron chi connectivity index (χ4n) is 2.34. The zero-order valence-electron chi connectivity index (χ0n) is 9.95. The molecule has 1 aromatic rings. The van der Waals surface area contributed by atoms with Gasteiger partial charge in [-0.25, -0.2) is 0 Å². The lowest BCUT2D eigenvalue weighted by molar-refractivity contribution is 0.323. The van der Waals surface area contributed by atoms with Gasteiger partial charge in [-0.3, -0.25) is 4.68 Å². The summed E-state index contributed by atoms with van der Waals surface area (Å²) in [7, 11) is 2.04. The minimum absolute atomic E-state index is 0.649. The van der Waals surface area contributed by atoms with Crippen molar-refractivity contribution in [3.05, 3.63) is 17.5 Å². The van der Waals surface area contributed by atoms with Crippen molar-refractivity contribution < 1.29 is 0 Å². The Kier molecular flexibility index (Phi) is 3.10. The van der Waals surface area contributed by atoms with Crippen LogP contribution < -0.4 is 5.32 Å². The SMILES string of the molecule is Cc1cc(CC2CCC(C)CN2)n(C)n1. The molecule has 0 radical (unpaired) electrons. The first kappa shape index (κ1) is 10.7. The Morgan fingerprint density at radius 3 is 2.87 bits per heavy atom. The fourth-order valence-corrected chi connectivity index (χ4v) is 2.34. The van der Waals surface area contributed by atoms with Gasteiger partial charge in [0, 0.05) is 25.2 Å². The van der Waals surface area contributed by atoms with E-state index in [1.54, 1.807) is 0 Å². The summed E-state index contributed by atoms with van der Waals surface area (Å²) >= 11 is 0. The van der Waals surface area contributed by atoms with E-state index in [9.17, 15) is 0 Å². The second kappa shape index (κ2) is 4.35. The Hall–Kier alpha value is -0.830. The summed E-state index contributed by atoms with van der Waals surface area (Å²) in [6.07, 6.45) is 3.77. The van der Waals surface area contributed by atoms with Gasteiger partial charge >= 0.3 is 0 Å². The van der Waals surface area contributed by atoms with E-state index in [0.717, 1.165) is 18.0 Å². The van der Waals surface area contributed by atoms with E-state index in [0.29, 0.717) is 6.04 Å². The van der Waals surface area contributed by atoms with E-state index >= 15 is 0 Å². The number of nitrogens with zero attached hydrogens (tertiary/aromatic N) is 2. The van der Waals surface area contributed by atoms with Gasteiger partial charge in [0.25, 0.3) is 0 Å². The van der Waals surface area contributed by atoms with Gasteiger partial charge in [0.05, 0.1) is 5.69 Å². The average molecular weight is 207 g/mol. The predicted molar refractivity (Wildman–Crippen MR) is 61.8 cm³/mol. The Balaban J connectivity index is 1.94. The third-order valence-electron chi connectivity index (χ3n) is 3.32. The van der Waals surface area contributed by atoms with Crippen LogP contribution in [0.25, 0.3) is 0 Å². The quantitative estimate of drug-likeness (QED) is 0.799. The van der Waals surface area contributed by atoms with Gasteiger partial charge in [-0.05, 0) is 38.3 Å². The molecule has 2 heterocycles. The molecular weight excluding hydrogens is 186 g/mol. The Labute approximate surface area is 91.9 Å². The molecule has 15 heavy (non-hydrogen) atoms. The molecule has 1 fully saturated rings. The molecule has 1 N–H and O–H groups in total. The van der Waals surface area contributed by atoms with Crippen molar-refractivity contribution in [1.82, 2.24) is 15.1 Å². The van der Waals surface area contributed by atoms with Crippen LogP contribution in [0, 0.1) is 12.8 Å². The van der Waals surface area contributed by atoms with E-state index in [1.165, 1.54) is 25.1 Å². The topological polar surface area (TPSA) is 29.9 Å². The van der Waals surface area contributed by atoms with Crippen LogP contribution in [-0.2, 0) is 13.5 Å². The van der Waals surface area contributed by atoms with Gasteiger partial charge in [-0.15, -0.1) is 0 Å². The summed E-state index contributed by atoms with van der Waals surface area (Å²) in [6.45, 7) is 5.54. The zero-order chi connectivity index (χ0) is 10.8. The maximum absolute atomic E-state index is 4.38. The van der Waals surface area contributed by atoms with Gasteiger partial charge in [-0.1, -0.05) is 6.92 Å². The molecule has 0 amide bonds. The maximum atomic E-state index is 4.38. The minimum Gasteiger partial charge on any atom is -0.313 e. The van der Waals surface area contributed by atoms with Crippen LogP contribution in [0.1, 0.15) is 31.2 Å². The molecule has 2 atom stereocenters. The van der Waals surface area contributed by atoms with Crippen molar-refractivity contribution in [2.75, 3.05) is 6.54 Å². The highest BCUT2D eigenvalue weighted by atomic mass is 15.3. The molecule has 0 aliphatic carbocycles. The van der Waals surface area contributed by atoms with E-state index in [4.69, 9.17) is 0 Å². The highest BCUT2D eigenvalue weighted by molar-refractivity contribution is 5.10. The van der Waals surface area contributed by atoms with Crippen molar-refractivity contribution in [2.24, 2.45) is 13.0 Å². The van der Waals surface area contributed by atoms with Crippen LogP contribution in [0.15, 0.2) is 6.07 Å². The van der Waals surface area contributed by atoms with Crippen molar-refractivity contribution in [3.63, 3.8) is 0 Å². The molecular formula is C12H21N3. The molecule has 3 nitrogen and oxygen atoms in total. The lowest BCUT2D eigenvalue weighted by Crippen LogP contribution is -2.39. The average Bonchev–Trinajstić information content (AvgIpc) is 2.49. The first-order valence-corrected chi connectivity index (χ1v) is 5.88. The van der Waals surface area contributed by atoms with Crippen molar-refractivity contribution in [1.29, 1.82) is 0 Å². The van der Waals surface area contributed by atoms with E-state index in [-0.39, 0.29) is 0 Å². The maximum Gasteiger partial charge on any atom is 0.0596 e. The summed E-state index contributed by atoms with van der Waals surface area (Å²) in [5.41, 5.74) is 2.47. The molecule has 1 aliphatic rings. The minimum atomic E-state index is 0.649. The van der Waals surface area contributed by atoms with E-state index in [2.05, 4.69) is 30.3 Å². The number of hydrogen-bond acceptors (Lipinski definition) is 2. The van der Waals surface area contributed by atoms with Crippen molar-refractivity contribution in [2.45, 2.75) is 39.2 Å². The van der Waals surface area contributed by atoms with Crippen LogP contribution >= 0.6 is 0 Å². The van der Waals surface area contributed by atoms with E-state index < -0.39 is 0 Å². The van der Waals surface area contributed by atoms with E-state index in [1.807, 2.05) is 11.7 Å². The van der Waals surface area contributed by atoms with Crippen LogP contribution in [-0.4, -0.2) is 22.4 Å². The number of nitrogens with one attached hydrogen (secondary N) is 1. The summed E-state index contributed by atoms with van der Waals surface area (Å²) in [4.78, 5) is 0. The molecule has 0 saturated carbocycles. The molecule has 1 aromatic heterocycles. The van der Waals surface area contributed by atoms with Crippen molar-refractivity contribution >= 4 is 0 Å². The highest BCUT2D eigenvalue weighted by Crippen LogP contribution is 2.16. The standard InChI is InChI=1S/C12H21N3/c1-9-4-5-11(13-8-9)7-12-6-10(2)14-15(12)3/h6,9,11,13H,4-5,7-8H2,1-3H3. The number of aromatic nitrogens is 2. The molecule has 2 rings (SSSR count). The van der Waals surface area contributed by atoms with Crippen LogP contribution in [0.2, 0.25) is 0 Å². The molecule has 1 saturated heterocycles. The highest BCUT2D eigenvalue weighted by Gasteiger charge is 2.18. The molecule has 3 heteroatoms. The molecule has 0 bridgehead atoms. The first-order valence-electron chi connectivity index (χ1n) is 5.88. The predicted octanol–water partition coefficient (Wildman–Crippen LogP) is 1.66. The normalized spacial score (nSPS) is 26.9. The third kappa shape index (κ3) is 2.59. The second-order valence-electron chi connectivity index (χ2n) is 4.89. The van der Waals surface area contributed by atoms with Gasteiger partial charge < -0.3 is 5.32 Å². The summed E-state index contributed by atoms with van der Waals surface area (Å²) in [5.74, 6) is 0.842. The first-order chi connectivity index (χ1) is 7.15. The fraction of sp³-hybridized carbons (Fsp3) is 0.750. The summed E-state index contributed by atoms with van der Waals surface area (Å²) < 4.78 is 2.01. The lowest BCUT2D eigenvalue weighted by atomic mass is 9.94. The molecule has 0 aromatic carbocycles. The number of rotatable bonds is 2. The zero-order valence-corrected chi connectivity index (χ0v) is 9.95. The van der Waals surface area contributed by atoms with Gasteiger partial charge in [0.1, 0.15) is 0 Å². The Bertz CT molecular complexity index is 322. The molecule has 84 valence electrons. The second-order valence-corrected chi connectivity index (χ2v) is 4.89. The lowest BCUT2D eigenvalue weighted by Gasteiger charge is -2.27. The number of piperidine rings is 1. The Morgan fingerprint density at radius 1 is 1.53 bits per heavy atom. The number of hydrogen-bond donors (Lipinski definition) is 1. The number of aryl methyl sites for hydroxylation is 2. The van der Waals surface area contributed by atoms with Crippen LogP contribution in [0.3, 0.4) is 0 Å². The molecule has 2 unspecified atom stereocenters. The Morgan fingerprint density at radius 2 is 2.33 bits per heavy atom. The monoisotopic (exact) mass is 207 g/mol. The smallest absolute Gasteiger partial charge is 0.0596 e. The third-order valence-corrected chi connectivity index (χ3v) is 3.32. The molecule has 1 aliphatic heterocycles. The molecule has 0 spiro atoms. The van der Waals surface area contributed by atoms with Crippen LogP contribution in [0.4, 0.5) is 0 Å².